The van der Waals surface area contributed by atoms with Gasteiger partial charge >= 0.3 is 0 Å². The van der Waals surface area contributed by atoms with E-state index in [1.807, 2.05) is 4.84 Å². The van der Waals surface area contributed by atoms with Crippen LogP contribution in [-0.4, -0.2) is 5.96 Å². The molecule has 4 N–H and O–H groups in total. The summed E-state index contributed by atoms with van der Waals surface area (Å²) in [6.07, 6.45) is 0. The van der Waals surface area contributed by atoms with Crippen molar-refractivity contribution in [3.05, 3.63) is 0 Å². The van der Waals surface area contributed by atoms with Crippen molar-refractivity contribution in [1.82, 2.24) is 4.84 Å². The van der Waals surface area contributed by atoms with Gasteiger partial charge < -0.3 is 5.73 Å². The third kappa shape index (κ3) is 8.85. The third-order valence-corrected chi connectivity index (χ3v) is 0.305. The predicted octanol–water partition coefficient (Wildman–Crippen LogP) is 0.241. The zero-order valence-electron chi connectivity index (χ0n) is 2.86. The monoisotopic (exact) mass is 221 g/mol. The van der Waals surface area contributed by atoms with Crippen LogP contribution in [0, 0.1) is 5.41 Å². The van der Waals surface area contributed by atoms with Gasteiger partial charge in [-0.2, -0.15) is 0 Å². The number of rotatable bonds is 0. The van der Waals surface area contributed by atoms with Crippen molar-refractivity contribution in [3.63, 3.8) is 0 Å². The molecule has 0 spiro atoms. The van der Waals surface area contributed by atoms with Gasteiger partial charge in [-0.1, -0.05) is 0 Å². The minimum absolute atomic E-state index is 0. The molecule has 0 aromatic heterocycles. The molecule has 0 aromatic rings. The standard InChI is InChI=1S/CH4ClN3.HI/c2-5-1(3)4;/h(H4,3,4,5);1H. The highest BCUT2D eigenvalue weighted by atomic mass is 127. The van der Waals surface area contributed by atoms with E-state index in [1.54, 1.807) is 0 Å². The molecular weight excluding hydrogens is 216 g/mol. The lowest BCUT2D eigenvalue weighted by molar-refractivity contribution is 1.31. The Hall–Kier alpha value is 0.290. The van der Waals surface area contributed by atoms with Gasteiger partial charge in [0.2, 0.25) is 5.96 Å². The molecule has 0 aliphatic rings. The molecule has 0 aliphatic heterocycles. The zero-order chi connectivity index (χ0) is 4.28. The molecule has 6 heavy (non-hydrogen) atoms. The van der Waals surface area contributed by atoms with E-state index in [9.17, 15) is 0 Å². The molecular formula is CH5ClIN3. The van der Waals surface area contributed by atoms with Crippen LogP contribution in [0.3, 0.4) is 0 Å². The van der Waals surface area contributed by atoms with Gasteiger partial charge in [0.15, 0.2) is 0 Å². The van der Waals surface area contributed by atoms with Crippen LogP contribution in [0.2, 0.25) is 0 Å². The Morgan fingerprint density at radius 2 is 2.00 bits per heavy atom. The van der Waals surface area contributed by atoms with Crippen LogP contribution in [0.5, 0.6) is 0 Å². The Balaban J connectivity index is 0. The smallest absolute Gasteiger partial charge is 0.200 e. The van der Waals surface area contributed by atoms with Crippen molar-refractivity contribution in [1.29, 1.82) is 5.41 Å². The minimum Gasteiger partial charge on any atom is -0.369 e. The first-order valence-electron chi connectivity index (χ1n) is 0.978. The van der Waals surface area contributed by atoms with Crippen molar-refractivity contribution in [3.8, 4) is 0 Å². The molecule has 0 atom stereocenters. The molecule has 0 fully saturated rings. The molecule has 5 heteroatoms. The topological polar surface area (TPSA) is 61.9 Å². The summed E-state index contributed by atoms with van der Waals surface area (Å²) in [5.41, 5.74) is 4.63. The Bertz CT molecular complexity index is 46.1. The summed E-state index contributed by atoms with van der Waals surface area (Å²) >= 11 is 4.74. The summed E-state index contributed by atoms with van der Waals surface area (Å²) < 4.78 is 0. The molecule has 3 nitrogen and oxygen atoms in total. The normalized spacial score (nSPS) is 5.50. The van der Waals surface area contributed by atoms with Crippen LogP contribution in [0.15, 0.2) is 0 Å². The molecule has 0 heterocycles. The van der Waals surface area contributed by atoms with Gasteiger partial charge in [0.05, 0.1) is 0 Å². The molecule has 0 amide bonds. The summed E-state index contributed by atoms with van der Waals surface area (Å²) in [7, 11) is 0. The molecule has 0 saturated carbocycles. The van der Waals surface area contributed by atoms with E-state index in [2.05, 4.69) is 5.73 Å². The van der Waals surface area contributed by atoms with Crippen molar-refractivity contribution in [2.75, 3.05) is 0 Å². The van der Waals surface area contributed by atoms with E-state index >= 15 is 0 Å². The minimum atomic E-state index is -0.230. The van der Waals surface area contributed by atoms with Gasteiger partial charge in [0, 0.05) is 11.8 Å². The second-order valence-electron chi connectivity index (χ2n) is 0.508. The number of halogens is 2. The predicted molar refractivity (Wildman–Crippen MR) is 36.3 cm³/mol. The van der Waals surface area contributed by atoms with Gasteiger partial charge in [-0.05, 0) is 0 Å². The van der Waals surface area contributed by atoms with E-state index in [1.165, 1.54) is 0 Å². The zero-order valence-corrected chi connectivity index (χ0v) is 5.95. The van der Waals surface area contributed by atoms with Gasteiger partial charge in [0.25, 0.3) is 0 Å². The van der Waals surface area contributed by atoms with Crippen LogP contribution < -0.4 is 10.6 Å². The van der Waals surface area contributed by atoms with E-state index in [-0.39, 0.29) is 29.9 Å². The lowest BCUT2D eigenvalue weighted by Crippen LogP contribution is -2.21. The van der Waals surface area contributed by atoms with Crippen molar-refractivity contribution in [2.24, 2.45) is 5.73 Å². The van der Waals surface area contributed by atoms with Crippen molar-refractivity contribution < 1.29 is 0 Å². The maximum absolute atomic E-state index is 6.28. The Kier molecular flexibility index (Phi) is 8.43. The lowest BCUT2D eigenvalue weighted by atomic mass is 11.1. The molecule has 0 aromatic carbocycles. The second-order valence-corrected chi connectivity index (χ2v) is 0.697. The molecule has 0 unspecified atom stereocenters. The summed E-state index contributed by atoms with van der Waals surface area (Å²) in [5, 5.41) is 6.28. The summed E-state index contributed by atoms with van der Waals surface area (Å²) in [6, 6.07) is 0. The lowest BCUT2D eigenvalue weighted by Gasteiger charge is -1.81. The average Bonchev–Trinajstić information content (AvgIpc) is 1.38. The highest BCUT2D eigenvalue weighted by molar-refractivity contribution is 14.0. The largest absolute Gasteiger partial charge is 0.369 e. The van der Waals surface area contributed by atoms with E-state index in [0.29, 0.717) is 0 Å². The van der Waals surface area contributed by atoms with Gasteiger partial charge in [0.1, 0.15) is 0 Å². The van der Waals surface area contributed by atoms with E-state index < -0.39 is 0 Å². The maximum atomic E-state index is 6.28. The second kappa shape index (κ2) is 5.29. The van der Waals surface area contributed by atoms with Crippen LogP contribution in [-0.2, 0) is 0 Å². The van der Waals surface area contributed by atoms with E-state index in [4.69, 9.17) is 17.2 Å². The first-order chi connectivity index (χ1) is 2.27. The number of nitrogens with one attached hydrogen (secondary N) is 2. The molecule has 0 rings (SSSR count). The molecule has 0 bridgehead atoms. The third-order valence-electron chi connectivity index (χ3n) is 0.102. The van der Waals surface area contributed by atoms with Crippen molar-refractivity contribution >= 4 is 41.7 Å². The first kappa shape index (κ1) is 9.56. The molecule has 38 valence electrons. The van der Waals surface area contributed by atoms with Crippen molar-refractivity contribution in [2.45, 2.75) is 0 Å². The van der Waals surface area contributed by atoms with Crippen LogP contribution in [0.25, 0.3) is 0 Å². The van der Waals surface area contributed by atoms with Gasteiger partial charge in [-0.3, -0.25) is 10.2 Å². The van der Waals surface area contributed by atoms with Crippen LogP contribution in [0.4, 0.5) is 0 Å². The van der Waals surface area contributed by atoms with Crippen LogP contribution >= 0.6 is 35.8 Å². The Morgan fingerprint density at radius 1 is 1.83 bits per heavy atom. The van der Waals surface area contributed by atoms with Crippen LogP contribution in [0.1, 0.15) is 0 Å². The summed E-state index contributed by atoms with van der Waals surface area (Å²) in [4.78, 5) is 1.86. The van der Waals surface area contributed by atoms with Gasteiger partial charge in [-0.15, -0.1) is 24.0 Å². The fraction of sp³-hybridized carbons (Fsp3) is 0. The number of guanidine groups is 1. The number of hydrogen-bond acceptors (Lipinski definition) is 1. The van der Waals surface area contributed by atoms with E-state index in [0.717, 1.165) is 0 Å². The highest BCUT2D eigenvalue weighted by Gasteiger charge is 1.68. The quantitative estimate of drug-likeness (QED) is 0.237. The highest BCUT2D eigenvalue weighted by Crippen LogP contribution is 1.50. The number of nitrogens with two attached hydrogens (primary N) is 1. The molecule has 0 saturated heterocycles. The van der Waals surface area contributed by atoms with Gasteiger partial charge in [-0.25, -0.2) is 0 Å². The average molecular weight is 221 g/mol. The SMILES string of the molecule is I.N=C(N)NCl. The molecule has 0 aliphatic carbocycles. The first-order valence-corrected chi connectivity index (χ1v) is 1.36. The Morgan fingerprint density at radius 3 is 2.00 bits per heavy atom. The maximum Gasteiger partial charge on any atom is 0.200 e. The summed E-state index contributed by atoms with van der Waals surface area (Å²) in [6.45, 7) is 0. The fourth-order valence-electron chi connectivity index (χ4n) is 0. The fourth-order valence-corrected chi connectivity index (χ4v) is 0. The Labute approximate surface area is 57.9 Å². The summed E-state index contributed by atoms with van der Waals surface area (Å²) in [5.74, 6) is -0.230. The molecule has 0 radical (unpaired) electrons. The number of hydrogen-bond donors (Lipinski definition) is 3.